The largest absolute Gasteiger partial charge is 0.367 e. The van der Waals surface area contributed by atoms with Gasteiger partial charge in [-0.3, -0.25) is 0 Å². The molecule has 1 saturated heterocycles. The predicted molar refractivity (Wildman–Crippen MR) is 93.7 cm³/mol. The fourth-order valence-electron chi connectivity index (χ4n) is 2.29. The molecule has 1 atom stereocenters. The van der Waals surface area contributed by atoms with E-state index in [0.29, 0.717) is 5.25 Å². The van der Waals surface area contributed by atoms with Crippen molar-refractivity contribution >= 4 is 34.9 Å². The molecule has 1 aliphatic rings. The monoisotopic (exact) mass is 322 g/mol. The number of rotatable bonds is 3. The normalized spacial score (nSPS) is 19.9. The van der Waals surface area contributed by atoms with Crippen LogP contribution in [0.15, 0.2) is 18.5 Å². The second-order valence-corrected chi connectivity index (χ2v) is 8.89. The molecule has 1 fully saturated rings. The van der Waals surface area contributed by atoms with E-state index in [-0.39, 0.29) is 5.41 Å². The molecule has 0 amide bonds. The third kappa shape index (κ3) is 3.48. The summed E-state index contributed by atoms with van der Waals surface area (Å²) in [4.78, 5) is 4.50. The van der Waals surface area contributed by atoms with E-state index in [1.54, 1.807) is 0 Å². The van der Waals surface area contributed by atoms with Gasteiger partial charge in [0.05, 0.1) is 5.69 Å². The van der Waals surface area contributed by atoms with E-state index in [1.807, 2.05) is 16.9 Å². The molecule has 6 heteroatoms. The van der Waals surface area contributed by atoms with Gasteiger partial charge in [0, 0.05) is 46.9 Å². The molecule has 0 radical (unpaired) electrons. The quantitative estimate of drug-likeness (QED) is 0.939. The van der Waals surface area contributed by atoms with Crippen LogP contribution in [0.5, 0.6) is 0 Å². The highest BCUT2D eigenvalue weighted by atomic mass is 32.2. The van der Waals surface area contributed by atoms with E-state index in [1.165, 1.54) is 17.3 Å². The maximum absolute atomic E-state index is 4.67. The van der Waals surface area contributed by atoms with E-state index in [4.69, 9.17) is 0 Å². The van der Waals surface area contributed by atoms with Crippen molar-refractivity contribution in [2.24, 2.45) is 0 Å². The van der Waals surface area contributed by atoms with E-state index in [9.17, 15) is 0 Å². The van der Waals surface area contributed by atoms with Crippen molar-refractivity contribution in [3.05, 3.63) is 24.2 Å². The fourth-order valence-corrected chi connectivity index (χ4v) is 4.90. The third-order valence-electron chi connectivity index (χ3n) is 3.54. The number of thioether (sulfide) groups is 2. The van der Waals surface area contributed by atoms with Crippen molar-refractivity contribution in [2.45, 2.75) is 31.4 Å². The van der Waals surface area contributed by atoms with Gasteiger partial charge in [-0.05, 0) is 6.07 Å². The lowest BCUT2D eigenvalue weighted by Gasteiger charge is -2.21. The summed E-state index contributed by atoms with van der Waals surface area (Å²) in [6, 6.07) is 2.15. The maximum atomic E-state index is 4.67. The van der Waals surface area contributed by atoms with Crippen LogP contribution in [0.1, 0.15) is 26.5 Å². The summed E-state index contributed by atoms with van der Waals surface area (Å²) in [6.45, 7) is 7.53. The zero-order valence-electron chi connectivity index (χ0n) is 12.8. The highest BCUT2D eigenvalue weighted by Crippen LogP contribution is 2.26. The van der Waals surface area contributed by atoms with Crippen LogP contribution < -0.4 is 5.32 Å². The summed E-state index contributed by atoms with van der Waals surface area (Å²) < 4.78 is 1.93. The Morgan fingerprint density at radius 1 is 1.38 bits per heavy atom. The van der Waals surface area contributed by atoms with E-state index < -0.39 is 0 Å². The van der Waals surface area contributed by atoms with Crippen LogP contribution >= 0.6 is 23.5 Å². The lowest BCUT2D eigenvalue weighted by Crippen LogP contribution is -2.23. The minimum Gasteiger partial charge on any atom is -0.367 e. The van der Waals surface area contributed by atoms with E-state index in [0.717, 1.165) is 23.6 Å². The zero-order chi connectivity index (χ0) is 14.9. The predicted octanol–water partition coefficient (Wildman–Crippen LogP) is 3.29. The van der Waals surface area contributed by atoms with Crippen molar-refractivity contribution in [2.75, 3.05) is 29.1 Å². The summed E-state index contributed by atoms with van der Waals surface area (Å²) in [5.74, 6) is 4.71. The lowest BCUT2D eigenvalue weighted by atomic mass is 9.92. The van der Waals surface area contributed by atoms with Gasteiger partial charge in [0.1, 0.15) is 5.52 Å². The van der Waals surface area contributed by atoms with Gasteiger partial charge in [-0.2, -0.15) is 28.6 Å². The molecule has 1 N–H and O–H groups in total. The lowest BCUT2D eigenvalue weighted by molar-refractivity contribution is 0.562. The summed E-state index contributed by atoms with van der Waals surface area (Å²) in [5, 5.41) is 8.86. The van der Waals surface area contributed by atoms with Gasteiger partial charge in [-0.15, -0.1) is 0 Å². The van der Waals surface area contributed by atoms with Crippen LogP contribution in [0.2, 0.25) is 0 Å². The van der Waals surface area contributed by atoms with Crippen molar-refractivity contribution in [3.63, 3.8) is 0 Å². The second kappa shape index (κ2) is 6.08. The number of hydrogen-bond donors (Lipinski definition) is 1. The van der Waals surface area contributed by atoms with Gasteiger partial charge in [-0.1, -0.05) is 20.8 Å². The molecule has 2 aromatic rings. The van der Waals surface area contributed by atoms with Gasteiger partial charge in [0.15, 0.2) is 5.82 Å². The number of hydrogen-bond acceptors (Lipinski definition) is 5. The number of nitrogens with zero attached hydrogens (tertiary/aromatic N) is 3. The summed E-state index contributed by atoms with van der Waals surface area (Å²) >= 11 is 4.11. The smallest absolute Gasteiger partial charge is 0.152 e. The molecule has 3 heterocycles. The van der Waals surface area contributed by atoms with Gasteiger partial charge in [0.2, 0.25) is 0 Å². The van der Waals surface area contributed by atoms with Crippen molar-refractivity contribution in [3.8, 4) is 0 Å². The highest BCUT2D eigenvalue weighted by molar-refractivity contribution is 8.06. The Morgan fingerprint density at radius 3 is 2.95 bits per heavy atom. The Balaban J connectivity index is 1.79. The molecule has 0 spiro atoms. The minimum absolute atomic E-state index is 0.0547. The SMILES string of the molecule is CC(C)(C)c1cc2c(NCC3CSCCS3)nccn2n1. The minimum atomic E-state index is 0.0547. The van der Waals surface area contributed by atoms with Gasteiger partial charge >= 0.3 is 0 Å². The molecular weight excluding hydrogens is 300 g/mol. The molecule has 0 aromatic carbocycles. The first-order chi connectivity index (χ1) is 10.0. The van der Waals surface area contributed by atoms with Crippen molar-refractivity contribution in [1.82, 2.24) is 14.6 Å². The maximum Gasteiger partial charge on any atom is 0.152 e. The molecule has 0 saturated carbocycles. The zero-order valence-corrected chi connectivity index (χ0v) is 14.4. The van der Waals surface area contributed by atoms with Crippen LogP contribution in [-0.2, 0) is 5.41 Å². The molecule has 0 aliphatic carbocycles. The van der Waals surface area contributed by atoms with Crippen molar-refractivity contribution in [1.29, 1.82) is 0 Å². The van der Waals surface area contributed by atoms with Gasteiger partial charge < -0.3 is 5.32 Å². The van der Waals surface area contributed by atoms with Crippen molar-refractivity contribution < 1.29 is 0 Å². The van der Waals surface area contributed by atoms with Crippen LogP contribution in [0.25, 0.3) is 5.52 Å². The first-order valence-electron chi connectivity index (χ1n) is 7.32. The number of anilines is 1. The number of aromatic nitrogens is 3. The summed E-state index contributed by atoms with van der Waals surface area (Å²) in [7, 11) is 0. The first kappa shape index (κ1) is 15.0. The summed E-state index contributed by atoms with van der Waals surface area (Å²) in [6.07, 6.45) is 3.73. The standard InChI is InChI=1S/C15H22N4S2/c1-15(2,3)13-8-12-14(16-4-5-19(12)18-13)17-9-11-10-20-6-7-21-11/h4-5,8,11H,6-7,9-10H2,1-3H3,(H,16,17). The Kier molecular flexibility index (Phi) is 4.36. The van der Waals surface area contributed by atoms with Gasteiger partial charge in [0.25, 0.3) is 0 Å². The van der Waals surface area contributed by atoms with E-state index >= 15 is 0 Å². The Hall–Kier alpha value is -0.880. The van der Waals surface area contributed by atoms with Gasteiger partial charge in [-0.25, -0.2) is 9.50 Å². The molecule has 4 nitrogen and oxygen atoms in total. The molecule has 1 unspecified atom stereocenters. The molecule has 1 aliphatic heterocycles. The topological polar surface area (TPSA) is 42.2 Å². The number of nitrogens with one attached hydrogen (secondary N) is 1. The molecule has 21 heavy (non-hydrogen) atoms. The van der Waals surface area contributed by atoms with Crippen LogP contribution in [-0.4, -0.2) is 43.7 Å². The Bertz CT molecular complexity index is 612. The Morgan fingerprint density at radius 2 is 2.24 bits per heavy atom. The highest BCUT2D eigenvalue weighted by Gasteiger charge is 2.20. The molecule has 2 aromatic heterocycles. The molecule has 0 bridgehead atoms. The average molecular weight is 323 g/mol. The first-order valence-corrected chi connectivity index (χ1v) is 9.52. The van der Waals surface area contributed by atoms with E-state index in [2.05, 4.69) is 65.8 Å². The number of fused-ring (bicyclic) bond motifs is 1. The second-order valence-electron chi connectivity index (χ2n) is 6.33. The average Bonchev–Trinajstić information content (AvgIpc) is 2.91. The molecule has 114 valence electrons. The van der Waals surface area contributed by atoms with Crippen LogP contribution in [0.4, 0.5) is 5.82 Å². The Labute approximate surface area is 134 Å². The van der Waals surface area contributed by atoms with Crippen LogP contribution in [0.3, 0.4) is 0 Å². The molecule has 3 rings (SSSR count). The van der Waals surface area contributed by atoms with Crippen LogP contribution in [0, 0.1) is 0 Å². The fraction of sp³-hybridized carbons (Fsp3) is 0.600. The molecular formula is C15H22N4S2. The third-order valence-corrected chi connectivity index (χ3v) is 6.39. The summed E-state index contributed by atoms with van der Waals surface area (Å²) in [5.41, 5.74) is 2.22.